The number of fused-ring (bicyclic) bond motifs is 3. The van der Waals surface area contributed by atoms with Gasteiger partial charge < -0.3 is 29.9 Å². The van der Waals surface area contributed by atoms with Gasteiger partial charge in [-0.2, -0.15) is 29.8 Å². The van der Waals surface area contributed by atoms with Crippen LogP contribution in [0.1, 0.15) is 31.9 Å². The van der Waals surface area contributed by atoms with E-state index in [0.29, 0.717) is 0 Å². The van der Waals surface area contributed by atoms with Gasteiger partial charge in [-0.1, -0.05) is 56.2 Å². The molecule has 21 heavy (non-hydrogen) atoms. The van der Waals surface area contributed by atoms with E-state index in [1.165, 1.54) is 22.3 Å². The molecule has 0 saturated heterocycles. The van der Waals surface area contributed by atoms with Crippen molar-refractivity contribution in [1.82, 2.24) is 0 Å². The Bertz CT molecular complexity index is 501. The Morgan fingerprint density at radius 2 is 1.48 bits per heavy atom. The molecule has 0 atom stereocenters. The summed E-state index contributed by atoms with van der Waals surface area (Å²) in [5, 5.41) is 10.1. The summed E-state index contributed by atoms with van der Waals surface area (Å²) in [7, 11) is 0. The Morgan fingerprint density at radius 3 is 2.10 bits per heavy atom. The molecule has 0 bridgehead atoms. The SMILES string of the molecule is CC(C)(C)[O-].[Cl-].[Cl-].[Ti+4].[c-]1cccc2c1Cc1ccccc1-2. The van der Waals surface area contributed by atoms with Crippen molar-refractivity contribution < 1.29 is 51.6 Å². The summed E-state index contributed by atoms with van der Waals surface area (Å²) in [6.07, 6.45) is 1.05. The maximum Gasteiger partial charge on any atom is 4.00 e. The fourth-order valence-corrected chi connectivity index (χ4v) is 2.00. The zero-order chi connectivity index (χ0) is 13.2. The van der Waals surface area contributed by atoms with Crippen LogP contribution in [-0.2, 0) is 28.1 Å². The second-order valence-corrected chi connectivity index (χ2v) is 5.51. The molecule has 0 aliphatic heterocycles. The molecule has 1 aliphatic rings. The van der Waals surface area contributed by atoms with E-state index in [1.807, 2.05) is 6.07 Å². The normalized spacial score (nSPS) is 10.5. The van der Waals surface area contributed by atoms with E-state index in [0.717, 1.165) is 6.42 Å². The summed E-state index contributed by atoms with van der Waals surface area (Å²) >= 11 is 0. The van der Waals surface area contributed by atoms with Gasteiger partial charge in [0.2, 0.25) is 0 Å². The standard InChI is InChI=1S/C13H9.C4H9O.2ClH.Ti/c1-3-7-12-10(5-1)9-11-6-2-4-8-13(11)12;1-4(2,3)5;;;/h1-5,7-8H,9H2;1-3H3;2*1H;/q2*-1;;;+4/p-2. The summed E-state index contributed by atoms with van der Waals surface area (Å²) < 4.78 is 0. The number of benzene rings is 2. The maximum absolute atomic E-state index is 10.1. The first kappa shape index (κ1) is 23.0. The van der Waals surface area contributed by atoms with Crippen molar-refractivity contribution in [2.24, 2.45) is 0 Å². The van der Waals surface area contributed by atoms with Crippen molar-refractivity contribution in [2.45, 2.75) is 32.8 Å². The van der Waals surface area contributed by atoms with Gasteiger partial charge in [-0.25, -0.2) is 0 Å². The minimum atomic E-state index is -0.750. The van der Waals surface area contributed by atoms with Gasteiger partial charge in [0.15, 0.2) is 0 Å². The fraction of sp³-hybridized carbons (Fsp3) is 0.294. The Balaban J connectivity index is 0. The molecule has 110 valence electrons. The van der Waals surface area contributed by atoms with Crippen molar-refractivity contribution in [1.29, 1.82) is 0 Å². The van der Waals surface area contributed by atoms with Crippen molar-refractivity contribution in [3.05, 3.63) is 59.7 Å². The summed E-state index contributed by atoms with van der Waals surface area (Å²) in [4.78, 5) is 0. The smallest absolute Gasteiger partial charge is 1.00 e. The fourth-order valence-electron chi connectivity index (χ4n) is 2.00. The number of halogens is 2. The van der Waals surface area contributed by atoms with Gasteiger partial charge in [-0.15, -0.1) is 11.2 Å². The zero-order valence-corrected chi connectivity index (χ0v) is 15.5. The largest absolute Gasteiger partial charge is 4.00 e. The minimum Gasteiger partial charge on any atom is -1.00 e. The second kappa shape index (κ2) is 9.66. The molecule has 2 aromatic rings. The van der Waals surface area contributed by atoms with Crippen LogP contribution in [0.4, 0.5) is 0 Å². The molecular weight excluding hydrogens is 339 g/mol. The van der Waals surface area contributed by atoms with Gasteiger partial charge in [0.05, 0.1) is 0 Å². The Labute approximate surface area is 154 Å². The molecule has 0 radical (unpaired) electrons. The number of hydrogen-bond donors (Lipinski definition) is 0. The number of hydrogen-bond acceptors (Lipinski definition) is 1. The molecule has 0 fully saturated rings. The van der Waals surface area contributed by atoms with Gasteiger partial charge in [-0.05, 0) is 6.42 Å². The molecule has 1 nitrogen and oxygen atoms in total. The van der Waals surface area contributed by atoms with Crippen molar-refractivity contribution in [2.75, 3.05) is 0 Å². The van der Waals surface area contributed by atoms with Crippen LogP contribution in [-0.4, -0.2) is 5.60 Å². The molecule has 0 unspecified atom stereocenters. The van der Waals surface area contributed by atoms with Crippen LogP contribution in [0.3, 0.4) is 0 Å². The molecule has 0 N–H and O–H groups in total. The maximum atomic E-state index is 10.1. The third-order valence-corrected chi connectivity index (χ3v) is 2.62. The average Bonchev–Trinajstić information content (AvgIpc) is 2.65. The van der Waals surface area contributed by atoms with Crippen LogP contribution >= 0.6 is 0 Å². The summed E-state index contributed by atoms with van der Waals surface area (Å²) in [6, 6.07) is 18.1. The molecular formula is C17H18Cl2OTi. The summed E-state index contributed by atoms with van der Waals surface area (Å²) in [5.41, 5.74) is 4.76. The second-order valence-electron chi connectivity index (χ2n) is 5.51. The van der Waals surface area contributed by atoms with Crippen LogP contribution in [0.25, 0.3) is 11.1 Å². The van der Waals surface area contributed by atoms with Crippen molar-refractivity contribution in [3.8, 4) is 11.1 Å². The van der Waals surface area contributed by atoms with Crippen LogP contribution in [0, 0.1) is 6.07 Å². The van der Waals surface area contributed by atoms with E-state index < -0.39 is 5.60 Å². The molecule has 4 heteroatoms. The molecule has 1 aliphatic carbocycles. The quantitative estimate of drug-likeness (QED) is 0.315. The molecule has 0 amide bonds. The average molecular weight is 357 g/mol. The molecule has 0 aromatic heterocycles. The van der Waals surface area contributed by atoms with E-state index in [9.17, 15) is 5.11 Å². The van der Waals surface area contributed by atoms with Crippen LogP contribution < -0.4 is 29.9 Å². The molecule has 0 saturated carbocycles. The first-order valence-corrected chi connectivity index (χ1v) is 6.23. The predicted octanol–water partition coefficient (Wildman–Crippen LogP) is -2.79. The van der Waals surface area contributed by atoms with Crippen molar-refractivity contribution in [3.63, 3.8) is 0 Å². The van der Waals surface area contributed by atoms with E-state index >= 15 is 0 Å². The Hall–Kier alpha value is -0.306. The predicted molar refractivity (Wildman–Crippen MR) is 73.3 cm³/mol. The molecule has 3 rings (SSSR count). The van der Waals surface area contributed by atoms with Crippen LogP contribution in [0.5, 0.6) is 0 Å². The number of rotatable bonds is 0. The first-order chi connectivity index (χ1) is 8.45. The van der Waals surface area contributed by atoms with E-state index in [2.05, 4.69) is 42.5 Å². The summed E-state index contributed by atoms with van der Waals surface area (Å²) in [5.74, 6) is 0. The monoisotopic (exact) mass is 356 g/mol. The van der Waals surface area contributed by atoms with Gasteiger partial charge in [-0.3, -0.25) is 0 Å². The van der Waals surface area contributed by atoms with E-state index in [-0.39, 0.29) is 46.5 Å². The van der Waals surface area contributed by atoms with Gasteiger partial charge in [0.1, 0.15) is 0 Å². The van der Waals surface area contributed by atoms with Gasteiger partial charge in [0, 0.05) is 0 Å². The van der Waals surface area contributed by atoms with Gasteiger partial charge >= 0.3 is 21.7 Å². The minimum absolute atomic E-state index is 0. The molecule has 0 spiro atoms. The molecule has 2 aromatic carbocycles. The van der Waals surface area contributed by atoms with E-state index in [4.69, 9.17) is 0 Å². The van der Waals surface area contributed by atoms with Gasteiger partial charge in [0.25, 0.3) is 0 Å². The Morgan fingerprint density at radius 1 is 0.952 bits per heavy atom. The Kier molecular flexibility index (Phi) is 10.6. The van der Waals surface area contributed by atoms with Crippen LogP contribution in [0.2, 0.25) is 0 Å². The third kappa shape index (κ3) is 6.99. The van der Waals surface area contributed by atoms with Crippen LogP contribution in [0.15, 0.2) is 42.5 Å². The van der Waals surface area contributed by atoms with Crippen molar-refractivity contribution >= 4 is 0 Å². The first-order valence-electron chi connectivity index (χ1n) is 6.23. The molecule has 0 heterocycles. The third-order valence-electron chi connectivity index (χ3n) is 2.62. The topological polar surface area (TPSA) is 23.1 Å². The van der Waals surface area contributed by atoms with E-state index in [1.54, 1.807) is 20.8 Å². The zero-order valence-electron chi connectivity index (χ0n) is 12.4. The summed E-state index contributed by atoms with van der Waals surface area (Å²) in [6.45, 7) is 4.90.